The third kappa shape index (κ3) is 3.06. The predicted octanol–water partition coefficient (Wildman–Crippen LogP) is 1.28. The molecular formula is C9H13N2OS+. The molecule has 0 saturated heterocycles. The minimum atomic E-state index is 0.0474. The van der Waals surface area contributed by atoms with Crippen LogP contribution in [0.2, 0.25) is 0 Å². The molecular weight excluding hydrogens is 184 g/mol. The van der Waals surface area contributed by atoms with Gasteiger partial charge in [0.05, 0.1) is 4.90 Å². The summed E-state index contributed by atoms with van der Waals surface area (Å²) in [4.78, 5) is 13.8. The average molecular weight is 197 g/mol. The highest BCUT2D eigenvalue weighted by Crippen LogP contribution is 2.17. The van der Waals surface area contributed by atoms with Crippen molar-refractivity contribution in [1.29, 1.82) is 0 Å². The normalized spacial score (nSPS) is 9.77. The summed E-state index contributed by atoms with van der Waals surface area (Å²) in [5.74, 6) is 0. The van der Waals surface area contributed by atoms with Crippen molar-refractivity contribution in [3.8, 4) is 0 Å². The van der Waals surface area contributed by atoms with Gasteiger partial charge in [0.15, 0.2) is 12.4 Å². The molecule has 1 aromatic heterocycles. The number of carbonyl (C=O) groups is 1. The number of aromatic nitrogens is 1. The Balaban J connectivity index is 2.69. The SMILES string of the molecule is CN(C)C(=O)Sc1ccc[n+](C)c1. The Morgan fingerprint density at radius 1 is 1.54 bits per heavy atom. The number of rotatable bonds is 1. The van der Waals surface area contributed by atoms with Crippen molar-refractivity contribution < 1.29 is 9.36 Å². The fourth-order valence-corrected chi connectivity index (χ4v) is 1.56. The molecule has 0 aliphatic carbocycles. The van der Waals surface area contributed by atoms with Crippen LogP contribution >= 0.6 is 11.8 Å². The van der Waals surface area contributed by atoms with Crippen molar-refractivity contribution in [2.45, 2.75) is 4.90 Å². The van der Waals surface area contributed by atoms with Crippen molar-refractivity contribution in [3.05, 3.63) is 24.5 Å². The van der Waals surface area contributed by atoms with Gasteiger partial charge in [-0.2, -0.15) is 0 Å². The average Bonchev–Trinajstić information content (AvgIpc) is 2.04. The molecule has 0 bridgehead atoms. The zero-order valence-electron chi connectivity index (χ0n) is 8.02. The van der Waals surface area contributed by atoms with Crippen LogP contribution in [0.25, 0.3) is 0 Å². The summed E-state index contributed by atoms with van der Waals surface area (Å²) < 4.78 is 1.92. The lowest BCUT2D eigenvalue weighted by Gasteiger charge is -2.07. The number of pyridine rings is 1. The lowest BCUT2D eigenvalue weighted by Crippen LogP contribution is -2.26. The standard InChI is InChI=1S/C9H13N2OS/c1-10(2)9(12)13-8-5-4-6-11(3)7-8/h4-7H,1-3H3/q+1. The third-order valence-corrected chi connectivity index (χ3v) is 2.50. The Bertz CT molecular complexity index is 312. The number of hydrogen-bond donors (Lipinski definition) is 0. The number of nitrogens with zero attached hydrogens (tertiary/aromatic N) is 2. The van der Waals surface area contributed by atoms with Gasteiger partial charge in [0.1, 0.15) is 7.05 Å². The van der Waals surface area contributed by atoms with Gasteiger partial charge in [0.2, 0.25) is 0 Å². The van der Waals surface area contributed by atoms with Crippen molar-refractivity contribution in [2.75, 3.05) is 14.1 Å². The number of aryl methyl sites for hydroxylation is 1. The maximum Gasteiger partial charge on any atom is 0.286 e. The Morgan fingerprint density at radius 3 is 2.77 bits per heavy atom. The molecule has 3 nitrogen and oxygen atoms in total. The van der Waals surface area contributed by atoms with Crippen LogP contribution in [0.4, 0.5) is 4.79 Å². The Kier molecular flexibility index (Phi) is 3.31. The molecule has 1 amide bonds. The van der Waals surface area contributed by atoms with E-state index in [4.69, 9.17) is 0 Å². The minimum Gasteiger partial charge on any atom is -0.339 e. The maximum atomic E-state index is 11.3. The van der Waals surface area contributed by atoms with Gasteiger partial charge in [-0.15, -0.1) is 0 Å². The van der Waals surface area contributed by atoms with E-state index in [1.807, 2.05) is 36.1 Å². The van der Waals surface area contributed by atoms with Gasteiger partial charge < -0.3 is 4.90 Å². The lowest BCUT2D eigenvalue weighted by atomic mass is 10.5. The Labute approximate surface area is 82.4 Å². The van der Waals surface area contributed by atoms with E-state index in [-0.39, 0.29) is 5.24 Å². The van der Waals surface area contributed by atoms with E-state index in [0.29, 0.717) is 0 Å². The molecule has 0 atom stereocenters. The quantitative estimate of drug-likeness (QED) is 0.500. The van der Waals surface area contributed by atoms with Gasteiger partial charge in [-0.3, -0.25) is 4.79 Å². The molecule has 0 spiro atoms. The molecule has 0 aliphatic heterocycles. The third-order valence-electron chi connectivity index (χ3n) is 1.48. The molecule has 1 heterocycles. The summed E-state index contributed by atoms with van der Waals surface area (Å²) in [7, 11) is 5.43. The van der Waals surface area contributed by atoms with Crippen LogP contribution in [0.3, 0.4) is 0 Å². The van der Waals surface area contributed by atoms with Crippen molar-refractivity contribution in [3.63, 3.8) is 0 Å². The van der Waals surface area contributed by atoms with Crippen molar-refractivity contribution in [1.82, 2.24) is 4.90 Å². The van der Waals surface area contributed by atoms with Crippen molar-refractivity contribution in [2.24, 2.45) is 7.05 Å². The zero-order valence-corrected chi connectivity index (χ0v) is 8.84. The van der Waals surface area contributed by atoms with E-state index in [9.17, 15) is 4.79 Å². The first-order valence-corrected chi connectivity index (χ1v) is 4.75. The fraction of sp³-hybridized carbons (Fsp3) is 0.333. The molecule has 0 N–H and O–H groups in total. The van der Waals surface area contributed by atoms with Crippen LogP contribution < -0.4 is 4.57 Å². The van der Waals surface area contributed by atoms with Gasteiger partial charge in [-0.25, -0.2) is 4.57 Å². The summed E-state index contributed by atoms with van der Waals surface area (Å²) in [6.45, 7) is 0. The topological polar surface area (TPSA) is 24.2 Å². The smallest absolute Gasteiger partial charge is 0.286 e. The van der Waals surface area contributed by atoms with Gasteiger partial charge in [-0.1, -0.05) is 0 Å². The molecule has 0 fully saturated rings. The highest BCUT2D eigenvalue weighted by molar-refractivity contribution is 8.13. The van der Waals surface area contributed by atoms with E-state index in [1.165, 1.54) is 11.8 Å². The van der Waals surface area contributed by atoms with E-state index < -0.39 is 0 Å². The van der Waals surface area contributed by atoms with Crippen LogP contribution in [-0.2, 0) is 7.05 Å². The van der Waals surface area contributed by atoms with Crippen LogP contribution in [0.15, 0.2) is 29.4 Å². The zero-order chi connectivity index (χ0) is 9.84. The summed E-state index contributed by atoms with van der Waals surface area (Å²) >= 11 is 1.23. The number of thioether (sulfide) groups is 1. The second kappa shape index (κ2) is 4.28. The Hall–Kier alpha value is -1.03. The van der Waals surface area contributed by atoms with Crippen LogP contribution in [-0.4, -0.2) is 24.2 Å². The first-order valence-electron chi connectivity index (χ1n) is 3.94. The highest BCUT2D eigenvalue weighted by Gasteiger charge is 2.08. The van der Waals surface area contributed by atoms with E-state index in [0.717, 1.165) is 4.90 Å². The van der Waals surface area contributed by atoms with Crippen LogP contribution in [0, 0.1) is 0 Å². The van der Waals surface area contributed by atoms with E-state index >= 15 is 0 Å². The van der Waals surface area contributed by atoms with Gasteiger partial charge in [0.25, 0.3) is 5.24 Å². The molecule has 0 saturated carbocycles. The molecule has 1 rings (SSSR count). The van der Waals surface area contributed by atoms with Crippen LogP contribution in [0.5, 0.6) is 0 Å². The molecule has 0 aromatic carbocycles. The summed E-state index contributed by atoms with van der Waals surface area (Å²) in [6.07, 6.45) is 3.86. The molecule has 13 heavy (non-hydrogen) atoms. The fourth-order valence-electron chi connectivity index (χ4n) is 0.813. The first kappa shape index (κ1) is 10.1. The number of amides is 1. The van der Waals surface area contributed by atoms with Gasteiger partial charge in [-0.05, 0) is 17.8 Å². The van der Waals surface area contributed by atoms with Gasteiger partial charge >= 0.3 is 0 Å². The number of hydrogen-bond acceptors (Lipinski definition) is 2. The molecule has 0 unspecified atom stereocenters. The molecule has 0 aliphatic rings. The van der Waals surface area contributed by atoms with E-state index in [2.05, 4.69) is 0 Å². The maximum absolute atomic E-state index is 11.3. The summed E-state index contributed by atoms with van der Waals surface area (Å²) in [5.41, 5.74) is 0. The predicted molar refractivity (Wildman–Crippen MR) is 52.6 cm³/mol. The summed E-state index contributed by atoms with van der Waals surface area (Å²) in [6, 6.07) is 3.84. The van der Waals surface area contributed by atoms with Gasteiger partial charge in [0, 0.05) is 20.2 Å². The highest BCUT2D eigenvalue weighted by atomic mass is 32.2. The molecule has 4 heteroatoms. The first-order chi connectivity index (χ1) is 6.09. The second-order valence-corrected chi connectivity index (χ2v) is 3.99. The van der Waals surface area contributed by atoms with E-state index in [1.54, 1.807) is 19.0 Å². The number of carbonyl (C=O) groups excluding carboxylic acids is 1. The summed E-state index contributed by atoms with van der Waals surface area (Å²) in [5, 5.41) is 0.0474. The largest absolute Gasteiger partial charge is 0.339 e. The minimum absolute atomic E-state index is 0.0474. The lowest BCUT2D eigenvalue weighted by molar-refractivity contribution is -0.673. The van der Waals surface area contributed by atoms with Crippen molar-refractivity contribution >= 4 is 17.0 Å². The molecule has 70 valence electrons. The molecule has 1 aromatic rings. The second-order valence-electron chi connectivity index (χ2n) is 2.97. The monoisotopic (exact) mass is 197 g/mol. The Morgan fingerprint density at radius 2 is 2.23 bits per heavy atom. The van der Waals surface area contributed by atoms with Crippen LogP contribution in [0.1, 0.15) is 0 Å². The molecule has 0 radical (unpaired) electrons.